The minimum absolute atomic E-state index is 0.204. The van der Waals surface area contributed by atoms with E-state index in [0.717, 1.165) is 40.9 Å². The number of hydrogen-bond donors (Lipinski definition) is 2. The number of rotatable bonds is 8. The quantitative estimate of drug-likeness (QED) is 0.140. The van der Waals surface area contributed by atoms with Crippen LogP contribution in [0.25, 0.3) is 0 Å². The first-order chi connectivity index (χ1) is 17.4. The maximum atomic E-state index is 6.22. The molecule has 37 heavy (non-hydrogen) atoms. The van der Waals surface area contributed by atoms with Gasteiger partial charge in [-0.05, 0) is 74.3 Å². The normalized spacial score (nSPS) is 11.6. The fourth-order valence-electron chi connectivity index (χ4n) is 2.57. The van der Waals surface area contributed by atoms with Gasteiger partial charge < -0.3 is 15.1 Å². The number of anilines is 4. The maximum absolute atomic E-state index is 6.22. The summed E-state index contributed by atoms with van der Waals surface area (Å²) in [4.78, 5) is 17.3. The SMILES string of the molecule is CC(C)(C)[Si](C)(C)OCc1cccc(Nc2ncc(Br)s2)n1.ClCc1cccc(Nc2ncc(Br)s2)n1. The Labute approximate surface area is 248 Å². The van der Waals surface area contributed by atoms with Crippen LogP contribution in [-0.4, -0.2) is 28.3 Å². The van der Waals surface area contributed by atoms with Crippen LogP contribution in [0.4, 0.5) is 21.9 Å². The first kappa shape index (κ1) is 30.1. The van der Waals surface area contributed by atoms with Crippen molar-refractivity contribution in [2.45, 2.75) is 51.4 Å². The zero-order valence-corrected chi connectivity index (χ0v) is 27.7. The lowest BCUT2D eigenvalue weighted by Gasteiger charge is -2.36. The zero-order chi connectivity index (χ0) is 27.1. The highest BCUT2D eigenvalue weighted by Gasteiger charge is 2.37. The smallest absolute Gasteiger partial charge is 0.192 e. The Morgan fingerprint density at radius 1 is 0.865 bits per heavy atom. The van der Waals surface area contributed by atoms with Crippen LogP contribution < -0.4 is 10.6 Å². The summed E-state index contributed by atoms with van der Waals surface area (Å²) in [6, 6.07) is 11.6. The van der Waals surface area contributed by atoms with Gasteiger partial charge in [-0.3, -0.25) is 0 Å². The number of pyridine rings is 2. The third-order valence-electron chi connectivity index (χ3n) is 5.56. The second-order valence-corrected chi connectivity index (χ2v) is 19.3. The Morgan fingerprint density at radius 2 is 1.35 bits per heavy atom. The first-order valence-corrected chi connectivity index (χ1v) is 18.0. The van der Waals surface area contributed by atoms with Crippen LogP contribution in [0.2, 0.25) is 18.1 Å². The van der Waals surface area contributed by atoms with Crippen molar-refractivity contribution in [1.29, 1.82) is 0 Å². The number of alkyl halides is 1. The van der Waals surface area contributed by atoms with E-state index in [-0.39, 0.29) is 5.04 Å². The summed E-state index contributed by atoms with van der Waals surface area (Å²) in [5, 5.41) is 8.15. The Morgan fingerprint density at radius 3 is 1.78 bits per heavy atom. The summed E-state index contributed by atoms with van der Waals surface area (Å²) in [6.07, 6.45) is 3.52. The molecular weight excluding hydrogens is 676 g/mol. The van der Waals surface area contributed by atoms with Crippen molar-refractivity contribution in [3.8, 4) is 0 Å². The molecule has 7 nitrogen and oxygen atoms in total. The van der Waals surface area contributed by atoms with E-state index in [4.69, 9.17) is 16.0 Å². The summed E-state index contributed by atoms with van der Waals surface area (Å²) >= 11 is 15.5. The fourth-order valence-corrected chi connectivity index (χ4v) is 5.89. The minimum atomic E-state index is -1.75. The lowest BCUT2D eigenvalue weighted by molar-refractivity contribution is 0.272. The van der Waals surface area contributed by atoms with Crippen LogP contribution in [0.15, 0.2) is 56.4 Å². The molecule has 13 heteroatoms. The van der Waals surface area contributed by atoms with Crippen LogP contribution >= 0.6 is 66.1 Å². The molecule has 0 aliphatic rings. The summed E-state index contributed by atoms with van der Waals surface area (Å²) in [6.45, 7) is 11.8. The summed E-state index contributed by atoms with van der Waals surface area (Å²) in [5.41, 5.74) is 1.78. The molecule has 198 valence electrons. The zero-order valence-electron chi connectivity index (χ0n) is 21.2. The monoisotopic (exact) mass is 702 g/mol. The molecule has 0 bridgehead atoms. The van der Waals surface area contributed by atoms with Crippen molar-refractivity contribution >= 4 is 96.4 Å². The van der Waals surface area contributed by atoms with Gasteiger partial charge >= 0.3 is 0 Å². The first-order valence-electron chi connectivity index (χ1n) is 11.3. The minimum Gasteiger partial charge on any atom is -0.411 e. The fraction of sp³-hybridized carbons (Fsp3) is 0.333. The van der Waals surface area contributed by atoms with E-state index in [0.29, 0.717) is 12.5 Å². The van der Waals surface area contributed by atoms with Gasteiger partial charge in [0.05, 0.1) is 43.8 Å². The number of nitrogens with zero attached hydrogens (tertiary/aromatic N) is 4. The van der Waals surface area contributed by atoms with Gasteiger partial charge in [-0.25, -0.2) is 19.9 Å². The van der Waals surface area contributed by atoms with Crippen molar-refractivity contribution < 1.29 is 4.43 Å². The lowest BCUT2D eigenvalue weighted by Crippen LogP contribution is -2.40. The molecule has 4 aromatic heterocycles. The van der Waals surface area contributed by atoms with Crippen LogP contribution in [0.1, 0.15) is 32.2 Å². The topological polar surface area (TPSA) is 84.9 Å². The van der Waals surface area contributed by atoms with Gasteiger partial charge in [-0.15, -0.1) is 11.6 Å². The van der Waals surface area contributed by atoms with Crippen LogP contribution in [0.5, 0.6) is 0 Å². The predicted molar refractivity (Wildman–Crippen MR) is 166 cm³/mol. The second-order valence-electron chi connectivity index (χ2n) is 9.40. The molecule has 4 heterocycles. The molecule has 0 aliphatic heterocycles. The molecule has 0 atom stereocenters. The molecular formula is C24H29Br2ClN6OS2Si. The Kier molecular flexibility index (Phi) is 11.1. The van der Waals surface area contributed by atoms with E-state index < -0.39 is 8.32 Å². The molecule has 0 aliphatic carbocycles. The highest BCUT2D eigenvalue weighted by atomic mass is 79.9. The van der Waals surface area contributed by atoms with E-state index in [1.807, 2.05) is 36.4 Å². The summed E-state index contributed by atoms with van der Waals surface area (Å²) < 4.78 is 8.20. The summed E-state index contributed by atoms with van der Waals surface area (Å²) in [7, 11) is -1.75. The van der Waals surface area contributed by atoms with Crippen LogP contribution in [0, 0.1) is 0 Å². The van der Waals surface area contributed by atoms with Crippen molar-refractivity contribution in [3.63, 3.8) is 0 Å². The van der Waals surface area contributed by atoms with E-state index >= 15 is 0 Å². The molecule has 2 N–H and O–H groups in total. The second kappa shape index (κ2) is 13.6. The van der Waals surface area contributed by atoms with Crippen molar-refractivity contribution in [2.24, 2.45) is 0 Å². The van der Waals surface area contributed by atoms with E-state index in [1.54, 1.807) is 12.4 Å². The van der Waals surface area contributed by atoms with Gasteiger partial charge in [0.15, 0.2) is 18.6 Å². The molecule has 4 aromatic rings. The molecule has 0 unspecified atom stereocenters. The molecule has 0 amide bonds. The Bertz CT molecular complexity index is 1300. The Hall–Kier alpha value is -1.41. The average molecular weight is 705 g/mol. The van der Waals surface area contributed by atoms with Crippen molar-refractivity contribution in [3.05, 3.63) is 67.8 Å². The van der Waals surface area contributed by atoms with Gasteiger partial charge in [0, 0.05) is 0 Å². The Balaban J connectivity index is 0.000000220. The van der Waals surface area contributed by atoms with Gasteiger partial charge in [0.2, 0.25) is 0 Å². The van der Waals surface area contributed by atoms with Gasteiger partial charge in [0.1, 0.15) is 11.6 Å². The molecule has 0 saturated heterocycles. The van der Waals surface area contributed by atoms with Crippen LogP contribution in [-0.2, 0) is 16.9 Å². The molecule has 0 spiro atoms. The average Bonchev–Trinajstić information content (AvgIpc) is 3.45. The van der Waals surface area contributed by atoms with E-state index in [9.17, 15) is 0 Å². The molecule has 4 rings (SSSR count). The third kappa shape index (κ3) is 9.68. The maximum Gasteiger partial charge on any atom is 0.192 e. The number of aromatic nitrogens is 4. The molecule has 0 radical (unpaired) electrons. The van der Waals surface area contributed by atoms with E-state index in [2.05, 4.69) is 96.3 Å². The highest BCUT2D eigenvalue weighted by Crippen LogP contribution is 2.37. The molecule has 0 aromatic carbocycles. The van der Waals surface area contributed by atoms with Gasteiger partial charge in [-0.2, -0.15) is 0 Å². The number of hydrogen-bond acceptors (Lipinski definition) is 9. The number of thiazole rings is 2. The largest absolute Gasteiger partial charge is 0.411 e. The van der Waals surface area contributed by atoms with Gasteiger partial charge in [-0.1, -0.05) is 55.6 Å². The molecule has 0 saturated carbocycles. The van der Waals surface area contributed by atoms with Crippen LogP contribution in [0.3, 0.4) is 0 Å². The van der Waals surface area contributed by atoms with Crippen molar-refractivity contribution in [1.82, 2.24) is 19.9 Å². The third-order valence-corrected chi connectivity index (χ3v) is 13.1. The number of nitrogens with one attached hydrogen (secondary N) is 2. The van der Waals surface area contributed by atoms with E-state index in [1.165, 1.54) is 22.7 Å². The number of halogens is 3. The van der Waals surface area contributed by atoms with Crippen molar-refractivity contribution in [2.75, 3.05) is 10.6 Å². The summed E-state index contributed by atoms with van der Waals surface area (Å²) in [5.74, 6) is 1.96. The lowest BCUT2D eigenvalue weighted by atomic mass is 10.2. The highest BCUT2D eigenvalue weighted by molar-refractivity contribution is 9.11. The standard InChI is InChI=1S/C15H22BrN3OSSi.C9H7BrClN3S/c1-15(2,3)22(4,5)20-10-11-7-6-8-13(18-11)19-14-17-9-12(16)21-14;10-7-5-12-9(15-7)14-8-3-1-2-6(4-11)13-8/h6-9H,10H2,1-5H3,(H,17,18,19);1-3,5H,4H2,(H,12,13,14). The molecule has 0 fully saturated rings. The van der Waals surface area contributed by atoms with Gasteiger partial charge in [0.25, 0.3) is 0 Å². The predicted octanol–water partition coefficient (Wildman–Crippen LogP) is 9.35.